The lowest BCUT2D eigenvalue weighted by molar-refractivity contribution is -0.123. The Kier molecular flexibility index (Phi) is 4.85. The number of nitrogens with zero attached hydrogens (tertiary/aromatic N) is 2. The van der Waals surface area contributed by atoms with Crippen LogP contribution in [0.1, 0.15) is 18.4 Å². The van der Waals surface area contributed by atoms with Crippen molar-refractivity contribution >= 4 is 28.8 Å². The second-order valence-electron chi connectivity index (χ2n) is 6.60. The number of nitrogens with one attached hydrogen (secondary N) is 1. The second-order valence-corrected chi connectivity index (χ2v) is 7.99. The van der Waals surface area contributed by atoms with Crippen LogP contribution in [0, 0.1) is 0 Å². The number of amides is 1. The lowest BCUT2D eigenvalue weighted by Crippen LogP contribution is -2.38. The molecule has 0 radical (unpaired) electrons. The Morgan fingerprint density at radius 3 is 2.63 bits per heavy atom. The number of benzene rings is 1. The van der Waals surface area contributed by atoms with E-state index in [0.717, 1.165) is 29.0 Å². The van der Waals surface area contributed by atoms with Gasteiger partial charge < -0.3 is 5.32 Å². The van der Waals surface area contributed by atoms with Gasteiger partial charge in [-0.3, -0.25) is 9.59 Å². The number of thiophene rings is 1. The molecule has 1 aliphatic carbocycles. The van der Waals surface area contributed by atoms with Crippen molar-refractivity contribution in [3.8, 4) is 10.6 Å². The Hall–Kier alpha value is -2.44. The number of carbonyl (C=O) groups excluding carboxylic acids is 1. The molecule has 0 atom stereocenters. The normalized spacial score (nSPS) is 14.7. The van der Waals surface area contributed by atoms with Gasteiger partial charge in [0.05, 0.1) is 16.8 Å². The van der Waals surface area contributed by atoms with Gasteiger partial charge in [0.1, 0.15) is 5.69 Å². The van der Waals surface area contributed by atoms with E-state index in [2.05, 4.69) is 10.4 Å². The molecule has 27 heavy (non-hydrogen) atoms. The number of rotatable bonds is 6. The molecule has 7 heteroatoms. The smallest absolute Gasteiger partial charge is 0.266 e. The third-order valence-corrected chi connectivity index (χ3v) is 5.98. The zero-order chi connectivity index (χ0) is 18.9. The third kappa shape index (κ3) is 3.68. The highest BCUT2D eigenvalue weighted by atomic mass is 35.5. The molecule has 1 aromatic carbocycles. The maximum absolute atomic E-state index is 12.7. The Morgan fingerprint density at radius 1 is 1.19 bits per heavy atom. The van der Waals surface area contributed by atoms with Crippen molar-refractivity contribution in [2.24, 2.45) is 0 Å². The van der Waals surface area contributed by atoms with E-state index in [0.29, 0.717) is 18.1 Å². The van der Waals surface area contributed by atoms with E-state index in [1.807, 2.05) is 41.8 Å². The summed E-state index contributed by atoms with van der Waals surface area (Å²) < 4.78 is 1.40. The molecule has 5 nitrogen and oxygen atoms in total. The molecular weight excluding hydrogens is 382 g/mol. The molecule has 0 aliphatic heterocycles. The maximum Gasteiger partial charge on any atom is 0.266 e. The maximum atomic E-state index is 12.7. The van der Waals surface area contributed by atoms with Gasteiger partial charge in [0.25, 0.3) is 5.56 Å². The molecule has 138 valence electrons. The average Bonchev–Trinajstić information content (AvgIpc) is 3.30. The Balaban J connectivity index is 1.41. The summed E-state index contributed by atoms with van der Waals surface area (Å²) in [5.41, 5.74) is 1.11. The zero-order valence-corrected chi connectivity index (χ0v) is 16.1. The fraction of sp³-hybridized carbons (Fsp3) is 0.250. The summed E-state index contributed by atoms with van der Waals surface area (Å²) in [4.78, 5) is 25.8. The highest BCUT2D eigenvalue weighted by Gasteiger charge is 2.50. The number of hydrogen-bond donors (Lipinski definition) is 1. The minimum absolute atomic E-state index is 0.00715. The summed E-state index contributed by atoms with van der Waals surface area (Å²) in [5, 5.41) is 9.99. The van der Waals surface area contributed by atoms with Gasteiger partial charge in [0.15, 0.2) is 0 Å². The molecule has 2 heterocycles. The van der Waals surface area contributed by atoms with E-state index in [9.17, 15) is 9.59 Å². The first-order chi connectivity index (χ1) is 13.1. The van der Waals surface area contributed by atoms with Crippen LogP contribution in [0.2, 0.25) is 5.02 Å². The van der Waals surface area contributed by atoms with Crippen LogP contribution in [-0.4, -0.2) is 22.2 Å². The Morgan fingerprint density at radius 2 is 1.96 bits per heavy atom. The van der Waals surface area contributed by atoms with Gasteiger partial charge in [0.2, 0.25) is 5.91 Å². The molecule has 0 unspecified atom stereocenters. The van der Waals surface area contributed by atoms with Crippen LogP contribution in [0.4, 0.5) is 0 Å². The SMILES string of the molecule is O=C(NCCn1nc(-c2cccs2)ccc1=O)C1(c2ccc(Cl)cc2)CC1. The highest BCUT2D eigenvalue weighted by Crippen LogP contribution is 2.48. The molecule has 0 saturated heterocycles. The lowest BCUT2D eigenvalue weighted by Gasteiger charge is -2.16. The molecule has 1 saturated carbocycles. The van der Waals surface area contributed by atoms with Crippen LogP contribution >= 0.6 is 22.9 Å². The first-order valence-electron chi connectivity index (χ1n) is 8.75. The van der Waals surface area contributed by atoms with Gasteiger partial charge in [-0.25, -0.2) is 4.68 Å². The average molecular weight is 400 g/mol. The summed E-state index contributed by atoms with van der Waals surface area (Å²) in [6.45, 7) is 0.690. The Labute approximate surface area is 165 Å². The largest absolute Gasteiger partial charge is 0.353 e. The molecule has 3 aromatic rings. The second kappa shape index (κ2) is 7.29. The van der Waals surface area contributed by atoms with Gasteiger partial charge in [-0.2, -0.15) is 5.10 Å². The van der Waals surface area contributed by atoms with Gasteiger partial charge in [0, 0.05) is 17.6 Å². The van der Waals surface area contributed by atoms with E-state index < -0.39 is 5.41 Å². The summed E-state index contributed by atoms with van der Waals surface area (Å²) in [6.07, 6.45) is 1.65. The number of hydrogen-bond acceptors (Lipinski definition) is 4. The summed E-state index contributed by atoms with van der Waals surface area (Å²) in [7, 11) is 0. The van der Waals surface area contributed by atoms with Crippen molar-refractivity contribution < 1.29 is 4.79 Å². The molecule has 1 aliphatic rings. The van der Waals surface area contributed by atoms with Crippen molar-refractivity contribution in [2.75, 3.05) is 6.54 Å². The minimum Gasteiger partial charge on any atom is -0.353 e. The third-order valence-electron chi connectivity index (χ3n) is 4.83. The van der Waals surface area contributed by atoms with E-state index in [1.165, 1.54) is 10.7 Å². The zero-order valence-electron chi connectivity index (χ0n) is 14.5. The summed E-state index contributed by atoms with van der Waals surface area (Å²) in [5.74, 6) is -0.00715. The first kappa shape index (κ1) is 17.9. The number of carbonyl (C=O) groups is 1. The van der Waals surface area contributed by atoms with Gasteiger partial charge in [-0.05, 0) is 48.1 Å². The van der Waals surface area contributed by atoms with Gasteiger partial charge in [-0.15, -0.1) is 11.3 Å². The van der Waals surface area contributed by atoms with Gasteiger partial charge >= 0.3 is 0 Å². The minimum atomic E-state index is -0.457. The molecular formula is C20H18ClN3O2S. The Bertz CT molecular complexity index is 1010. The van der Waals surface area contributed by atoms with E-state index >= 15 is 0 Å². The van der Waals surface area contributed by atoms with E-state index in [1.54, 1.807) is 17.4 Å². The first-order valence-corrected chi connectivity index (χ1v) is 10.0. The molecule has 2 aromatic heterocycles. The molecule has 4 rings (SSSR count). The fourth-order valence-corrected chi connectivity index (χ4v) is 3.97. The van der Waals surface area contributed by atoms with Crippen molar-refractivity contribution in [2.45, 2.75) is 24.8 Å². The van der Waals surface area contributed by atoms with Crippen LogP contribution in [0.5, 0.6) is 0 Å². The molecule has 1 N–H and O–H groups in total. The van der Waals surface area contributed by atoms with Crippen LogP contribution in [0.3, 0.4) is 0 Å². The number of aromatic nitrogens is 2. The predicted molar refractivity (Wildman–Crippen MR) is 107 cm³/mol. The van der Waals surface area contributed by atoms with E-state index in [4.69, 9.17) is 11.6 Å². The number of halogens is 1. The monoisotopic (exact) mass is 399 g/mol. The standard InChI is InChI=1S/C20H18ClN3O2S/c21-15-5-3-14(4-6-15)20(9-10-20)19(26)22-11-12-24-18(25)8-7-16(23-24)17-2-1-13-27-17/h1-8,13H,9-12H2,(H,22,26). The summed E-state index contributed by atoms with van der Waals surface area (Å²) >= 11 is 7.51. The van der Waals surface area contributed by atoms with E-state index in [-0.39, 0.29) is 11.5 Å². The highest BCUT2D eigenvalue weighted by molar-refractivity contribution is 7.13. The predicted octanol–water partition coefficient (Wildman–Crippen LogP) is 3.47. The van der Waals surface area contributed by atoms with Crippen molar-refractivity contribution in [3.05, 3.63) is 74.9 Å². The molecule has 0 bridgehead atoms. The van der Waals surface area contributed by atoms with Gasteiger partial charge in [-0.1, -0.05) is 29.8 Å². The van der Waals surface area contributed by atoms with Crippen LogP contribution in [0.15, 0.2) is 58.7 Å². The molecule has 1 fully saturated rings. The van der Waals surface area contributed by atoms with Crippen LogP contribution in [0.25, 0.3) is 10.6 Å². The topological polar surface area (TPSA) is 64.0 Å². The lowest BCUT2D eigenvalue weighted by atomic mass is 9.95. The van der Waals surface area contributed by atoms with Crippen LogP contribution < -0.4 is 10.9 Å². The fourth-order valence-electron chi connectivity index (χ4n) is 3.15. The van der Waals surface area contributed by atoms with Crippen LogP contribution in [-0.2, 0) is 16.8 Å². The van der Waals surface area contributed by atoms with Crippen molar-refractivity contribution in [1.82, 2.24) is 15.1 Å². The quantitative estimate of drug-likeness (QED) is 0.690. The molecule has 1 amide bonds. The molecule has 0 spiro atoms. The summed E-state index contributed by atoms with van der Waals surface area (Å²) in [6, 6.07) is 14.6. The van der Waals surface area contributed by atoms with Crippen molar-refractivity contribution in [1.29, 1.82) is 0 Å². The van der Waals surface area contributed by atoms with Crippen molar-refractivity contribution in [3.63, 3.8) is 0 Å².